The molecule has 0 bridgehead atoms. The van der Waals surface area contributed by atoms with Crippen molar-refractivity contribution in [2.24, 2.45) is 0 Å². The summed E-state index contributed by atoms with van der Waals surface area (Å²) in [6, 6.07) is 5.74. The molecular weight excluding hydrogens is 371 g/mol. The first-order valence-corrected chi connectivity index (χ1v) is 7.44. The Hall–Kier alpha value is -2.22. The topological polar surface area (TPSA) is 74.4 Å². The maximum atomic E-state index is 14.1. The van der Waals surface area contributed by atoms with Crippen molar-refractivity contribution in [2.45, 2.75) is 26.4 Å². The third-order valence-corrected chi connectivity index (χ3v) is 3.48. The van der Waals surface area contributed by atoms with Crippen molar-refractivity contribution in [2.75, 3.05) is 0 Å². The van der Waals surface area contributed by atoms with Gasteiger partial charge in [-0.05, 0) is 61.0 Å². The van der Waals surface area contributed by atoms with Crippen LogP contribution in [0.25, 0.3) is 11.3 Å². The van der Waals surface area contributed by atoms with Crippen molar-refractivity contribution in [3.8, 4) is 11.3 Å². The van der Waals surface area contributed by atoms with Crippen LogP contribution in [-0.2, 0) is 4.74 Å². The second-order valence-electron chi connectivity index (χ2n) is 5.76. The highest BCUT2D eigenvalue weighted by molar-refractivity contribution is 9.10. The van der Waals surface area contributed by atoms with E-state index in [0.717, 1.165) is 4.57 Å². The van der Waals surface area contributed by atoms with E-state index in [9.17, 15) is 19.3 Å². The van der Waals surface area contributed by atoms with Gasteiger partial charge < -0.3 is 4.74 Å². The summed E-state index contributed by atoms with van der Waals surface area (Å²) in [6.45, 7) is 5.11. The van der Waals surface area contributed by atoms with Crippen LogP contribution in [0.1, 0.15) is 20.8 Å². The van der Waals surface area contributed by atoms with E-state index in [2.05, 4.69) is 15.9 Å². The molecule has 0 spiro atoms. The number of nitro groups is 1. The Morgan fingerprint density at radius 1 is 1.35 bits per heavy atom. The molecule has 2 aromatic rings. The van der Waals surface area contributed by atoms with Gasteiger partial charge in [-0.2, -0.15) is 4.39 Å². The van der Waals surface area contributed by atoms with Crippen LogP contribution in [-0.4, -0.2) is 21.2 Å². The van der Waals surface area contributed by atoms with Gasteiger partial charge in [0.2, 0.25) is 5.82 Å². The number of carbonyl (C=O) groups is 1. The van der Waals surface area contributed by atoms with Crippen LogP contribution in [0.2, 0.25) is 0 Å². The number of nitro benzene ring substituents is 1. The van der Waals surface area contributed by atoms with Gasteiger partial charge in [0.1, 0.15) is 5.60 Å². The zero-order valence-corrected chi connectivity index (χ0v) is 14.3. The Bertz CT molecular complexity index is 780. The van der Waals surface area contributed by atoms with Gasteiger partial charge in [0.15, 0.2) is 0 Å². The molecular formula is C15H14BrFN2O4. The first-order valence-electron chi connectivity index (χ1n) is 6.65. The molecule has 0 aliphatic carbocycles. The van der Waals surface area contributed by atoms with Crippen LogP contribution < -0.4 is 0 Å². The second-order valence-corrected chi connectivity index (χ2v) is 6.61. The summed E-state index contributed by atoms with van der Waals surface area (Å²) in [5, 5.41) is 11.2. The first kappa shape index (κ1) is 17.1. The molecule has 0 N–H and O–H groups in total. The summed E-state index contributed by atoms with van der Waals surface area (Å²) in [6.07, 6.45) is 0.711. The van der Waals surface area contributed by atoms with Gasteiger partial charge >= 0.3 is 11.8 Å². The lowest BCUT2D eigenvalue weighted by molar-refractivity contribution is -0.386. The molecule has 1 heterocycles. The van der Waals surface area contributed by atoms with E-state index in [-0.39, 0.29) is 15.7 Å². The van der Waals surface area contributed by atoms with Crippen LogP contribution in [0.5, 0.6) is 0 Å². The van der Waals surface area contributed by atoms with Crippen molar-refractivity contribution >= 4 is 27.7 Å². The monoisotopic (exact) mass is 384 g/mol. The SMILES string of the molecule is CC(C)(C)OC(=O)n1cccc1-c1ccc(Br)c(F)c1[N+](=O)[O-]. The van der Waals surface area contributed by atoms with Crippen molar-refractivity contribution in [1.29, 1.82) is 0 Å². The molecule has 2 rings (SSSR count). The maximum absolute atomic E-state index is 14.1. The number of ether oxygens (including phenoxy) is 1. The summed E-state index contributed by atoms with van der Waals surface area (Å²) in [7, 11) is 0. The van der Waals surface area contributed by atoms with Gasteiger partial charge in [0, 0.05) is 6.20 Å². The molecule has 1 aromatic carbocycles. The lowest BCUT2D eigenvalue weighted by Gasteiger charge is -2.20. The minimum Gasteiger partial charge on any atom is -0.443 e. The van der Waals surface area contributed by atoms with Gasteiger partial charge in [-0.25, -0.2) is 4.79 Å². The summed E-state index contributed by atoms with van der Waals surface area (Å²) in [5.74, 6) is -0.996. The normalized spacial score (nSPS) is 11.3. The fourth-order valence-corrected chi connectivity index (χ4v) is 2.32. The van der Waals surface area contributed by atoms with Crippen LogP contribution in [0.3, 0.4) is 0 Å². The molecule has 0 saturated carbocycles. The molecule has 6 nitrogen and oxygen atoms in total. The number of carbonyl (C=O) groups excluding carboxylic acids is 1. The Labute approximate surface area is 140 Å². The summed E-state index contributed by atoms with van der Waals surface area (Å²) in [5.41, 5.74) is -1.26. The Morgan fingerprint density at radius 3 is 2.57 bits per heavy atom. The second kappa shape index (κ2) is 6.11. The van der Waals surface area contributed by atoms with Gasteiger partial charge in [-0.1, -0.05) is 0 Å². The van der Waals surface area contributed by atoms with E-state index in [1.54, 1.807) is 20.8 Å². The Balaban J connectivity index is 2.58. The van der Waals surface area contributed by atoms with Gasteiger partial charge in [-0.15, -0.1) is 0 Å². The third kappa shape index (κ3) is 3.58. The minimum atomic E-state index is -0.996. The molecule has 0 fully saturated rings. The number of hydrogen-bond donors (Lipinski definition) is 0. The number of nitrogens with zero attached hydrogens (tertiary/aromatic N) is 2. The van der Waals surface area contributed by atoms with Gasteiger partial charge in [0.05, 0.1) is 20.7 Å². The quantitative estimate of drug-likeness (QED) is 0.553. The van der Waals surface area contributed by atoms with Crippen molar-refractivity contribution in [1.82, 2.24) is 4.57 Å². The number of rotatable bonds is 2. The third-order valence-electron chi connectivity index (χ3n) is 2.87. The van der Waals surface area contributed by atoms with Crippen molar-refractivity contribution in [3.63, 3.8) is 0 Å². The smallest absolute Gasteiger partial charge is 0.418 e. The summed E-state index contributed by atoms with van der Waals surface area (Å²) in [4.78, 5) is 22.6. The van der Waals surface area contributed by atoms with Gasteiger partial charge in [0.25, 0.3) is 0 Å². The molecule has 122 valence electrons. The van der Waals surface area contributed by atoms with E-state index >= 15 is 0 Å². The van der Waals surface area contributed by atoms with Crippen molar-refractivity contribution in [3.05, 3.63) is 50.9 Å². The highest BCUT2D eigenvalue weighted by atomic mass is 79.9. The Kier molecular flexibility index (Phi) is 4.56. The van der Waals surface area contributed by atoms with E-state index in [0.29, 0.717) is 0 Å². The number of aromatic nitrogens is 1. The van der Waals surface area contributed by atoms with Crippen LogP contribution in [0, 0.1) is 15.9 Å². The average Bonchev–Trinajstić information content (AvgIpc) is 2.88. The van der Waals surface area contributed by atoms with Gasteiger partial charge in [-0.3, -0.25) is 14.7 Å². The summed E-state index contributed by atoms with van der Waals surface area (Å²) < 4.78 is 20.4. The molecule has 23 heavy (non-hydrogen) atoms. The van der Waals surface area contributed by atoms with E-state index < -0.39 is 28.1 Å². The predicted octanol–water partition coefficient (Wildman–Crippen LogP) is 4.75. The lowest BCUT2D eigenvalue weighted by atomic mass is 10.1. The number of hydrogen-bond acceptors (Lipinski definition) is 4. The molecule has 0 aliphatic rings. The molecule has 0 unspecified atom stereocenters. The molecule has 8 heteroatoms. The zero-order chi connectivity index (χ0) is 17.4. The fraction of sp³-hybridized carbons (Fsp3) is 0.267. The molecule has 0 saturated heterocycles. The molecule has 0 aliphatic heterocycles. The van der Waals surface area contributed by atoms with Crippen molar-refractivity contribution < 1.29 is 18.8 Å². The lowest BCUT2D eigenvalue weighted by Crippen LogP contribution is -2.27. The standard InChI is InChI=1S/C15H14BrFN2O4/c1-15(2,3)23-14(20)18-8-4-5-11(18)9-6-7-10(16)12(17)13(9)19(21)22/h4-8H,1-3H3. The van der Waals surface area contributed by atoms with Crippen LogP contribution in [0.4, 0.5) is 14.9 Å². The molecule has 0 atom stereocenters. The van der Waals surface area contributed by atoms with E-state index in [1.165, 1.54) is 30.5 Å². The highest BCUT2D eigenvalue weighted by Crippen LogP contribution is 2.36. The molecule has 1 aromatic heterocycles. The molecule has 0 amide bonds. The highest BCUT2D eigenvalue weighted by Gasteiger charge is 2.27. The van der Waals surface area contributed by atoms with Crippen LogP contribution >= 0.6 is 15.9 Å². The first-order chi connectivity index (χ1) is 10.6. The largest absolute Gasteiger partial charge is 0.443 e. The number of halogens is 2. The summed E-state index contributed by atoms with van der Waals surface area (Å²) >= 11 is 2.92. The van der Waals surface area contributed by atoms with Crippen LogP contribution in [0.15, 0.2) is 34.9 Å². The predicted molar refractivity (Wildman–Crippen MR) is 85.8 cm³/mol. The Morgan fingerprint density at radius 2 is 2.00 bits per heavy atom. The fourth-order valence-electron chi connectivity index (χ4n) is 2.00. The number of benzene rings is 1. The zero-order valence-electron chi connectivity index (χ0n) is 12.7. The average molecular weight is 385 g/mol. The maximum Gasteiger partial charge on any atom is 0.418 e. The van der Waals surface area contributed by atoms with E-state index in [4.69, 9.17) is 4.74 Å². The minimum absolute atomic E-state index is 0.00782. The molecule has 0 radical (unpaired) electrons. The van der Waals surface area contributed by atoms with E-state index in [1.807, 2.05) is 0 Å².